The van der Waals surface area contributed by atoms with Gasteiger partial charge in [-0.25, -0.2) is 8.42 Å². The quantitative estimate of drug-likeness (QED) is 0.862. The summed E-state index contributed by atoms with van der Waals surface area (Å²) >= 11 is 0. The van der Waals surface area contributed by atoms with E-state index in [1.807, 2.05) is 0 Å². The third-order valence-electron chi connectivity index (χ3n) is 5.05. The first kappa shape index (κ1) is 12.9. The number of sulfonamides is 1. The van der Waals surface area contributed by atoms with E-state index < -0.39 is 15.3 Å². The molecule has 1 N–H and O–H groups in total. The SMILES string of the molecule is O=S1(=O)N=C(NC(C2CC2)C2CC2)OC2CCCCC21. The Morgan fingerprint density at radius 1 is 1.05 bits per heavy atom. The maximum atomic E-state index is 12.3. The fourth-order valence-electron chi connectivity index (χ4n) is 3.62. The smallest absolute Gasteiger partial charge is 0.301 e. The fraction of sp³-hybridized carbons (Fsp3) is 0.929. The number of hydrogen-bond acceptors (Lipinski definition) is 4. The topological polar surface area (TPSA) is 67.8 Å². The molecule has 2 unspecified atom stereocenters. The van der Waals surface area contributed by atoms with Crippen LogP contribution in [0.1, 0.15) is 51.4 Å². The van der Waals surface area contributed by atoms with Crippen LogP contribution in [0.15, 0.2) is 4.40 Å². The summed E-state index contributed by atoms with van der Waals surface area (Å²) in [6.45, 7) is 0. The van der Waals surface area contributed by atoms with E-state index in [4.69, 9.17) is 4.74 Å². The molecule has 0 aromatic heterocycles. The van der Waals surface area contributed by atoms with Crippen LogP contribution in [0, 0.1) is 11.8 Å². The van der Waals surface area contributed by atoms with Crippen molar-refractivity contribution < 1.29 is 13.2 Å². The molecule has 0 spiro atoms. The molecule has 2 atom stereocenters. The monoisotopic (exact) mass is 298 g/mol. The lowest BCUT2D eigenvalue weighted by molar-refractivity contribution is 0.130. The molecule has 6 heteroatoms. The van der Waals surface area contributed by atoms with E-state index in [1.165, 1.54) is 25.7 Å². The van der Waals surface area contributed by atoms with E-state index in [2.05, 4.69) is 9.71 Å². The predicted octanol–water partition coefficient (Wildman–Crippen LogP) is 1.79. The van der Waals surface area contributed by atoms with E-state index in [1.54, 1.807) is 0 Å². The molecule has 20 heavy (non-hydrogen) atoms. The maximum Gasteiger partial charge on any atom is 0.301 e. The van der Waals surface area contributed by atoms with Crippen molar-refractivity contribution in [1.82, 2.24) is 5.32 Å². The first-order chi connectivity index (χ1) is 9.63. The number of hydrogen-bond donors (Lipinski definition) is 1. The van der Waals surface area contributed by atoms with Crippen LogP contribution in [0.5, 0.6) is 0 Å². The van der Waals surface area contributed by atoms with Crippen molar-refractivity contribution >= 4 is 16.0 Å². The van der Waals surface area contributed by atoms with Crippen LogP contribution < -0.4 is 5.32 Å². The number of nitrogens with one attached hydrogen (secondary N) is 1. The number of nitrogens with zero attached hydrogens (tertiary/aromatic N) is 1. The van der Waals surface area contributed by atoms with Gasteiger partial charge in [-0.2, -0.15) is 0 Å². The largest absolute Gasteiger partial charge is 0.460 e. The molecule has 0 aromatic rings. The van der Waals surface area contributed by atoms with E-state index >= 15 is 0 Å². The van der Waals surface area contributed by atoms with Crippen LogP contribution in [-0.4, -0.2) is 31.8 Å². The normalized spacial score (nSPS) is 36.0. The van der Waals surface area contributed by atoms with Gasteiger partial charge in [0.2, 0.25) is 0 Å². The summed E-state index contributed by atoms with van der Waals surface area (Å²) in [6.07, 6.45) is 8.36. The second-order valence-electron chi connectivity index (χ2n) is 6.74. The lowest BCUT2D eigenvalue weighted by Crippen LogP contribution is -2.49. The Labute approximate surface area is 120 Å². The molecule has 112 valence electrons. The molecule has 3 aliphatic carbocycles. The predicted molar refractivity (Wildman–Crippen MR) is 75.9 cm³/mol. The molecule has 4 rings (SSSR count). The maximum absolute atomic E-state index is 12.3. The van der Waals surface area contributed by atoms with Gasteiger partial charge in [0.25, 0.3) is 10.0 Å². The molecule has 0 saturated heterocycles. The molecule has 0 bridgehead atoms. The van der Waals surface area contributed by atoms with Crippen LogP contribution >= 0.6 is 0 Å². The van der Waals surface area contributed by atoms with Gasteiger partial charge in [-0.1, -0.05) is 6.42 Å². The van der Waals surface area contributed by atoms with Crippen LogP contribution in [0.4, 0.5) is 0 Å². The molecule has 3 saturated carbocycles. The fourth-order valence-corrected chi connectivity index (χ4v) is 5.12. The van der Waals surface area contributed by atoms with E-state index in [0.29, 0.717) is 24.3 Å². The zero-order valence-electron chi connectivity index (χ0n) is 11.6. The molecule has 5 nitrogen and oxygen atoms in total. The minimum Gasteiger partial charge on any atom is -0.460 e. The lowest BCUT2D eigenvalue weighted by atomic mass is 9.97. The number of rotatable bonds is 3. The molecule has 0 aromatic carbocycles. The van der Waals surface area contributed by atoms with Gasteiger partial charge in [-0.3, -0.25) is 0 Å². The van der Waals surface area contributed by atoms with Crippen LogP contribution in [-0.2, 0) is 14.8 Å². The van der Waals surface area contributed by atoms with Gasteiger partial charge in [0, 0.05) is 6.04 Å². The number of ether oxygens (including phenoxy) is 1. The van der Waals surface area contributed by atoms with Crippen molar-refractivity contribution in [2.75, 3.05) is 0 Å². The summed E-state index contributed by atoms with van der Waals surface area (Å²) in [5.74, 6) is 1.39. The Kier molecular flexibility index (Phi) is 2.98. The first-order valence-corrected chi connectivity index (χ1v) is 9.41. The highest BCUT2D eigenvalue weighted by molar-refractivity contribution is 7.91. The van der Waals surface area contributed by atoms with Gasteiger partial charge in [-0.15, -0.1) is 4.40 Å². The first-order valence-electron chi connectivity index (χ1n) is 7.90. The molecule has 1 aliphatic heterocycles. The Balaban J connectivity index is 1.53. The van der Waals surface area contributed by atoms with Crippen molar-refractivity contribution in [3.8, 4) is 0 Å². The summed E-state index contributed by atoms with van der Waals surface area (Å²) in [6, 6.07) is 0.654. The number of amidine groups is 1. The Hall–Kier alpha value is -0.780. The molecule has 0 amide bonds. The Morgan fingerprint density at radius 2 is 1.70 bits per heavy atom. The van der Waals surface area contributed by atoms with Crippen molar-refractivity contribution in [3.05, 3.63) is 0 Å². The molecule has 3 fully saturated rings. The molecule has 4 aliphatic rings. The highest BCUT2D eigenvalue weighted by atomic mass is 32.2. The lowest BCUT2D eigenvalue weighted by Gasteiger charge is -2.34. The highest BCUT2D eigenvalue weighted by Gasteiger charge is 2.45. The second kappa shape index (κ2) is 4.61. The number of fused-ring (bicyclic) bond motifs is 1. The van der Waals surface area contributed by atoms with Crippen LogP contribution in [0.2, 0.25) is 0 Å². The summed E-state index contributed by atoms with van der Waals surface area (Å²) < 4.78 is 34.3. The van der Waals surface area contributed by atoms with Crippen molar-refractivity contribution in [2.45, 2.75) is 68.8 Å². The van der Waals surface area contributed by atoms with Gasteiger partial charge in [0.15, 0.2) is 0 Å². The van der Waals surface area contributed by atoms with Gasteiger partial charge in [0.05, 0.1) is 0 Å². The van der Waals surface area contributed by atoms with Gasteiger partial charge >= 0.3 is 6.02 Å². The zero-order valence-corrected chi connectivity index (χ0v) is 12.4. The average molecular weight is 298 g/mol. The van der Waals surface area contributed by atoms with E-state index in [-0.39, 0.29) is 12.1 Å². The molecule has 1 heterocycles. The van der Waals surface area contributed by atoms with Crippen molar-refractivity contribution in [2.24, 2.45) is 16.2 Å². The molecular weight excluding hydrogens is 276 g/mol. The third-order valence-corrected chi connectivity index (χ3v) is 6.77. The van der Waals surface area contributed by atoms with Gasteiger partial charge < -0.3 is 10.1 Å². The minimum absolute atomic E-state index is 0.187. The van der Waals surface area contributed by atoms with Crippen LogP contribution in [0.25, 0.3) is 0 Å². The minimum atomic E-state index is -3.39. The molecular formula is C14H22N2O3S. The summed E-state index contributed by atoms with van der Waals surface area (Å²) in [5.41, 5.74) is 0. The Bertz CT molecular complexity index is 511. The van der Waals surface area contributed by atoms with Gasteiger partial charge in [0.1, 0.15) is 11.4 Å². The van der Waals surface area contributed by atoms with E-state index in [0.717, 1.165) is 19.3 Å². The average Bonchev–Trinajstić information content (AvgIpc) is 3.27. The standard InChI is InChI=1S/C14H22N2O3S/c17-20(18)12-4-2-1-3-11(12)19-14(16-20)15-13(9-5-6-9)10-7-8-10/h9-13H,1-8H2,(H,15,16). The summed E-state index contributed by atoms with van der Waals surface area (Å²) in [7, 11) is -3.39. The Morgan fingerprint density at radius 3 is 2.35 bits per heavy atom. The van der Waals surface area contributed by atoms with E-state index in [9.17, 15) is 8.42 Å². The van der Waals surface area contributed by atoms with Gasteiger partial charge in [-0.05, 0) is 56.8 Å². The highest BCUT2D eigenvalue weighted by Crippen LogP contribution is 2.44. The third kappa shape index (κ3) is 2.43. The summed E-state index contributed by atoms with van der Waals surface area (Å²) in [5, 5.41) is 2.90. The molecule has 0 radical (unpaired) electrons. The zero-order chi connectivity index (χ0) is 13.7. The van der Waals surface area contributed by atoms with Crippen LogP contribution in [0.3, 0.4) is 0 Å². The van der Waals surface area contributed by atoms with Crippen molar-refractivity contribution in [1.29, 1.82) is 0 Å². The second-order valence-corrected chi connectivity index (χ2v) is 8.55. The summed E-state index contributed by atoms with van der Waals surface area (Å²) in [4.78, 5) is 0. The van der Waals surface area contributed by atoms with Crippen molar-refractivity contribution in [3.63, 3.8) is 0 Å².